The lowest BCUT2D eigenvalue weighted by Crippen LogP contribution is -2.51. The Morgan fingerprint density at radius 2 is 1.08 bits per heavy atom. The van der Waals surface area contributed by atoms with Gasteiger partial charge in [0.1, 0.15) is 23.6 Å². The van der Waals surface area contributed by atoms with Crippen LogP contribution < -0.4 is 8.31 Å². The number of aliphatic hydroxyl groups is 1. The topological polar surface area (TPSA) is 41.5 Å². The van der Waals surface area contributed by atoms with Crippen molar-refractivity contribution in [3.8, 4) is 5.75 Å². The Morgan fingerprint density at radius 3 is 1.43 bits per heavy atom. The van der Waals surface area contributed by atoms with E-state index in [0.29, 0.717) is 17.0 Å². The van der Waals surface area contributed by atoms with Crippen molar-refractivity contribution < 1.29 is 53.2 Å². The molecule has 0 aliphatic heterocycles. The van der Waals surface area contributed by atoms with Crippen LogP contribution in [0.3, 0.4) is 0 Å². The third kappa shape index (κ3) is 14.8. The summed E-state index contributed by atoms with van der Waals surface area (Å²) in [5.41, 5.74) is -2.63. The Balaban J connectivity index is 0.00000131. The molecule has 0 heterocycles. The summed E-state index contributed by atoms with van der Waals surface area (Å²) in [5.74, 6) is -6.22. The average molecular weight is 804 g/mol. The summed E-state index contributed by atoms with van der Waals surface area (Å²) in [6.45, 7) is 9.97. The first-order valence-electron chi connectivity index (χ1n) is 17.2. The molecule has 296 valence electrons. The second kappa shape index (κ2) is 22.9. The Morgan fingerprint density at radius 1 is 0.706 bits per heavy atom. The number of benzene rings is 1. The third-order valence-corrected chi connectivity index (χ3v) is 11.0. The molecule has 0 unspecified atom stereocenters. The molecule has 0 amide bonds. The summed E-state index contributed by atoms with van der Waals surface area (Å²) in [6, 6.07) is 3.93. The smallest absolute Gasteiger partial charge is 0.419 e. The first kappa shape index (κ1) is 47.8. The second-order valence-electron chi connectivity index (χ2n) is 12.2. The molecule has 51 heavy (non-hydrogen) atoms. The van der Waals surface area contributed by atoms with Crippen molar-refractivity contribution in [3.63, 3.8) is 0 Å². The van der Waals surface area contributed by atoms with Crippen LogP contribution >= 0.6 is 35.9 Å². The molecule has 3 fully saturated rings. The van der Waals surface area contributed by atoms with E-state index in [2.05, 4.69) is 13.2 Å². The Bertz CT molecular complexity index is 1130. The van der Waals surface area contributed by atoms with E-state index in [1.165, 1.54) is 0 Å². The molecule has 2 N–H and O–H groups in total. The molecule has 0 saturated heterocycles. The molecule has 1 aromatic carbocycles. The van der Waals surface area contributed by atoms with Crippen LogP contribution in [-0.2, 0) is 0 Å². The number of allylic oxidation sites excluding steroid dienone is 2. The van der Waals surface area contributed by atoms with Gasteiger partial charge in [-0.1, -0.05) is 96.9 Å². The van der Waals surface area contributed by atoms with Gasteiger partial charge in [-0.25, -0.2) is 4.39 Å². The third-order valence-electron chi connectivity index (χ3n) is 8.84. The molecule has 0 atom stereocenters. The van der Waals surface area contributed by atoms with Crippen molar-refractivity contribution in [2.24, 2.45) is 0 Å². The molecule has 3 aliphatic carbocycles. The minimum atomic E-state index is -6.04. The number of alkyl halides is 9. The summed E-state index contributed by atoms with van der Waals surface area (Å²) in [5, 5.41) is -4.03. The fraction of sp³-hybridized carbons (Fsp3) is 0.714. The van der Waals surface area contributed by atoms with Gasteiger partial charge in [-0.15, -0.1) is 0 Å². The largest absolute Gasteiger partial charge is 0.456 e. The number of rotatable bonds is 12. The van der Waals surface area contributed by atoms with E-state index in [9.17, 15) is 43.9 Å². The van der Waals surface area contributed by atoms with Gasteiger partial charge >= 0.3 is 21.9 Å². The predicted octanol–water partition coefficient (Wildman–Crippen LogP) is 14.4. The molecular weight excluding hydrogens is 753 g/mol. The molecule has 1 aromatic rings. The maximum atomic E-state index is 14.9. The molecular formula is C35H51F10NO2S3. The summed E-state index contributed by atoms with van der Waals surface area (Å²) in [4.78, 5) is 0. The number of halogens is 10. The summed E-state index contributed by atoms with van der Waals surface area (Å²) < 4.78 is 142. The lowest BCUT2D eigenvalue weighted by molar-refractivity contribution is -0.238. The highest BCUT2D eigenvalue weighted by atomic mass is 32.2. The van der Waals surface area contributed by atoms with E-state index in [0.717, 1.165) is 119 Å². The van der Waals surface area contributed by atoms with Crippen LogP contribution in [0.4, 0.5) is 43.9 Å². The van der Waals surface area contributed by atoms with Crippen LogP contribution in [0.25, 0.3) is 0 Å². The molecule has 3 nitrogen and oxygen atoms in total. The Hall–Kier alpha value is -1.23. The van der Waals surface area contributed by atoms with Crippen LogP contribution in [-0.4, -0.2) is 34.2 Å². The van der Waals surface area contributed by atoms with Gasteiger partial charge in [0, 0.05) is 31.0 Å². The quantitative estimate of drug-likeness (QED) is 0.0949. The van der Waals surface area contributed by atoms with Gasteiger partial charge in [0.15, 0.2) is 0 Å². The highest BCUT2D eigenvalue weighted by molar-refractivity contribution is 8.13. The molecule has 16 heteroatoms. The molecule has 0 radical (unpaired) electrons. The highest BCUT2D eigenvalue weighted by Crippen LogP contribution is 2.57. The number of hydrogen-bond donors (Lipinski definition) is 2. The van der Waals surface area contributed by atoms with Crippen molar-refractivity contribution in [2.45, 2.75) is 150 Å². The van der Waals surface area contributed by atoms with Gasteiger partial charge in [-0.2, -0.15) is 43.6 Å². The molecule has 4 rings (SSSR count). The summed E-state index contributed by atoms with van der Waals surface area (Å²) in [6.07, 6.45) is 15.2. The lowest BCUT2D eigenvalue weighted by atomic mass is 9.75. The predicted molar refractivity (Wildman–Crippen MR) is 191 cm³/mol. The zero-order valence-corrected chi connectivity index (χ0v) is 31.8. The normalized spacial score (nSPS) is 18.2. The standard InChI is InChI=1S/C28H36F9NOS3.C4H5F.C2H6.CH4O/c29-25(30,26(31,32)40-38-41-28(35,36)37)27(33,34)42-39-24-22(19-12-6-2-7-13-19)16-21(18-10-4-1-5-11-18)17-23(24)20-14-8-3-9-15-20;1-3-4(2)5;2*1-2/h16-20,38H,1-15H2;3H,1-2H2;1-2H3;2H,1H3. The highest BCUT2D eigenvalue weighted by Gasteiger charge is 2.74. The molecule has 0 bridgehead atoms. The molecule has 0 aromatic heterocycles. The fourth-order valence-electron chi connectivity index (χ4n) is 6.40. The molecule has 3 saturated carbocycles. The Labute approximate surface area is 309 Å². The minimum Gasteiger partial charge on any atom is -0.419 e. The van der Waals surface area contributed by atoms with Gasteiger partial charge in [-0.05, 0) is 79.0 Å². The lowest BCUT2D eigenvalue weighted by Gasteiger charge is -2.33. The van der Waals surface area contributed by atoms with E-state index < -0.39 is 63.7 Å². The van der Waals surface area contributed by atoms with E-state index in [-0.39, 0.29) is 17.6 Å². The minimum absolute atomic E-state index is 0.0325. The number of aliphatic hydroxyl groups excluding tert-OH is 1. The van der Waals surface area contributed by atoms with E-state index in [1.807, 2.05) is 26.0 Å². The van der Waals surface area contributed by atoms with E-state index in [4.69, 9.17) is 9.29 Å². The van der Waals surface area contributed by atoms with Gasteiger partial charge in [0.25, 0.3) is 0 Å². The maximum Gasteiger partial charge on any atom is 0.456 e. The molecule has 0 spiro atoms. The summed E-state index contributed by atoms with van der Waals surface area (Å²) in [7, 11) is 1.00. The fourth-order valence-corrected chi connectivity index (χ4v) is 8.30. The van der Waals surface area contributed by atoms with Crippen molar-refractivity contribution in [1.29, 1.82) is 0 Å². The first-order valence-corrected chi connectivity index (χ1v) is 19.6. The van der Waals surface area contributed by atoms with Gasteiger partial charge < -0.3 is 9.29 Å². The monoisotopic (exact) mass is 803 g/mol. The second-order valence-corrected chi connectivity index (χ2v) is 15.1. The van der Waals surface area contributed by atoms with Crippen molar-refractivity contribution in [3.05, 3.63) is 53.9 Å². The van der Waals surface area contributed by atoms with Crippen LogP contribution in [0.1, 0.15) is 145 Å². The zero-order chi connectivity index (χ0) is 38.9. The maximum absolute atomic E-state index is 14.9. The van der Waals surface area contributed by atoms with Crippen LogP contribution in [0.2, 0.25) is 0 Å². The van der Waals surface area contributed by atoms with Gasteiger partial charge in [-0.3, -0.25) is 0 Å². The molecule has 3 aliphatic rings. The SMILES string of the molecule is C=CC(=C)F.CC.CO.FC(F)(F)SNSC(F)(F)C(F)(F)C(F)(F)SOc1c(C2CCCCC2)cc(C2CCCCC2)cc1C1CCCCC1. The zero-order valence-electron chi connectivity index (χ0n) is 29.3. The van der Waals surface area contributed by atoms with Gasteiger partial charge in [0.05, 0.1) is 0 Å². The van der Waals surface area contributed by atoms with Crippen molar-refractivity contribution >= 4 is 35.9 Å². The van der Waals surface area contributed by atoms with Crippen LogP contribution in [0.15, 0.2) is 37.2 Å². The van der Waals surface area contributed by atoms with Crippen LogP contribution in [0, 0.1) is 0 Å². The average Bonchev–Trinajstić information content (AvgIpc) is 3.12. The van der Waals surface area contributed by atoms with Crippen LogP contribution in [0.5, 0.6) is 5.75 Å². The van der Waals surface area contributed by atoms with Crippen molar-refractivity contribution in [1.82, 2.24) is 4.13 Å². The van der Waals surface area contributed by atoms with E-state index in [1.54, 1.807) is 0 Å². The first-order chi connectivity index (χ1) is 24.0. The van der Waals surface area contributed by atoms with E-state index >= 15 is 0 Å². The van der Waals surface area contributed by atoms with Crippen molar-refractivity contribution in [2.75, 3.05) is 7.11 Å². The number of hydrogen-bond acceptors (Lipinski definition) is 6. The van der Waals surface area contributed by atoms with Gasteiger partial charge in [0.2, 0.25) is 0 Å². The summed E-state index contributed by atoms with van der Waals surface area (Å²) >= 11 is -3.68. The number of nitrogens with one attached hydrogen (secondary N) is 1. The Kier molecular flexibility index (Phi) is 21.4.